The van der Waals surface area contributed by atoms with Gasteiger partial charge in [-0.05, 0) is 26.3 Å². The van der Waals surface area contributed by atoms with Gasteiger partial charge in [0.15, 0.2) is 0 Å². The molecule has 5 nitrogen and oxygen atoms in total. The second-order valence-electron chi connectivity index (χ2n) is 3.41. The van der Waals surface area contributed by atoms with Crippen LogP contribution in [0.3, 0.4) is 0 Å². The molecule has 0 aromatic rings. The van der Waals surface area contributed by atoms with Crippen molar-refractivity contribution in [3.8, 4) is 0 Å². The predicted molar refractivity (Wildman–Crippen MR) is 53.2 cm³/mol. The number of hydrogen-bond donors (Lipinski definition) is 2. The van der Waals surface area contributed by atoms with E-state index in [1.807, 2.05) is 0 Å². The summed E-state index contributed by atoms with van der Waals surface area (Å²) in [6.45, 7) is 2.99. The lowest BCUT2D eigenvalue weighted by atomic mass is 9.99. The molecule has 0 unspecified atom stereocenters. The van der Waals surface area contributed by atoms with E-state index in [2.05, 4.69) is 10.0 Å². The van der Waals surface area contributed by atoms with Crippen molar-refractivity contribution in [1.29, 1.82) is 0 Å². The van der Waals surface area contributed by atoms with Crippen LogP contribution in [0.2, 0.25) is 0 Å². The standard InChI is InChI=1S/C8H16N2O3S/c1-2-14(12,13)10-8(11)7-4-3-5-9-6-7/h7,9H,2-6H2,1H3,(H,10,11)/t7-/m1/s1. The molecule has 1 rings (SSSR count). The van der Waals surface area contributed by atoms with E-state index in [1.165, 1.54) is 6.92 Å². The van der Waals surface area contributed by atoms with Crippen molar-refractivity contribution in [2.45, 2.75) is 19.8 Å². The van der Waals surface area contributed by atoms with E-state index in [4.69, 9.17) is 0 Å². The van der Waals surface area contributed by atoms with Gasteiger partial charge in [-0.3, -0.25) is 9.52 Å². The van der Waals surface area contributed by atoms with Gasteiger partial charge in [0.25, 0.3) is 0 Å². The molecule has 0 aromatic carbocycles. The molecule has 82 valence electrons. The molecular formula is C8H16N2O3S. The largest absolute Gasteiger partial charge is 0.316 e. The second kappa shape index (κ2) is 4.75. The number of piperidine rings is 1. The van der Waals surface area contributed by atoms with Crippen LogP contribution >= 0.6 is 0 Å². The van der Waals surface area contributed by atoms with Crippen LogP contribution in [0.1, 0.15) is 19.8 Å². The van der Waals surface area contributed by atoms with Crippen LogP contribution in [-0.4, -0.2) is 33.2 Å². The quantitative estimate of drug-likeness (QED) is 0.669. The first-order valence-corrected chi connectivity index (χ1v) is 6.45. The molecule has 0 spiro atoms. The van der Waals surface area contributed by atoms with Crippen molar-refractivity contribution in [2.75, 3.05) is 18.8 Å². The van der Waals surface area contributed by atoms with Crippen molar-refractivity contribution in [3.63, 3.8) is 0 Å². The minimum Gasteiger partial charge on any atom is -0.316 e. The molecular weight excluding hydrogens is 204 g/mol. The SMILES string of the molecule is CCS(=O)(=O)NC(=O)[C@@H]1CCCNC1. The molecule has 1 aliphatic heterocycles. The second-order valence-corrected chi connectivity index (χ2v) is 5.42. The molecule has 0 aliphatic carbocycles. The Morgan fingerprint density at radius 3 is 2.79 bits per heavy atom. The smallest absolute Gasteiger partial charge is 0.237 e. The summed E-state index contributed by atoms with van der Waals surface area (Å²) < 4.78 is 24.3. The normalized spacial score (nSPS) is 23.1. The Kier molecular flexibility index (Phi) is 3.88. The van der Waals surface area contributed by atoms with E-state index in [9.17, 15) is 13.2 Å². The lowest BCUT2D eigenvalue weighted by Crippen LogP contribution is -2.43. The van der Waals surface area contributed by atoms with E-state index in [-0.39, 0.29) is 17.6 Å². The van der Waals surface area contributed by atoms with Crippen molar-refractivity contribution in [3.05, 3.63) is 0 Å². The molecule has 0 bridgehead atoms. The fourth-order valence-corrected chi connectivity index (χ4v) is 2.00. The lowest BCUT2D eigenvalue weighted by molar-refractivity contribution is -0.123. The van der Waals surface area contributed by atoms with Crippen LogP contribution < -0.4 is 10.0 Å². The van der Waals surface area contributed by atoms with Crippen LogP contribution in [-0.2, 0) is 14.8 Å². The molecule has 1 aliphatic rings. The predicted octanol–water partition coefficient (Wildman–Crippen LogP) is -0.548. The highest BCUT2D eigenvalue weighted by atomic mass is 32.2. The number of hydrogen-bond acceptors (Lipinski definition) is 4. The maximum Gasteiger partial charge on any atom is 0.237 e. The van der Waals surface area contributed by atoms with Crippen LogP contribution in [0.15, 0.2) is 0 Å². The molecule has 6 heteroatoms. The van der Waals surface area contributed by atoms with Crippen molar-refractivity contribution < 1.29 is 13.2 Å². The molecule has 14 heavy (non-hydrogen) atoms. The molecule has 2 N–H and O–H groups in total. The third kappa shape index (κ3) is 3.26. The Labute approximate surface area is 84.3 Å². The minimum absolute atomic E-state index is 0.0567. The van der Waals surface area contributed by atoms with E-state index in [0.29, 0.717) is 6.54 Å². The summed E-state index contributed by atoms with van der Waals surface area (Å²) in [5.41, 5.74) is 0. The minimum atomic E-state index is -3.40. The first kappa shape index (κ1) is 11.5. The summed E-state index contributed by atoms with van der Waals surface area (Å²) in [7, 11) is -3.40. The zero-order chi connectivity index (χ0) is 10.6. The molecule has 1 atom stereocenters. The summed E-state index contributed by atoms with van der Waals surface area (Å²) in [5.74, 6) is -0.636. The number of nitrogens with one attached hydrogen (secondary N) is 2. The highest BCUT2D eigenvalue weighted by Gasteiger charge is 2.23. The number of amides is 1. The van der Waals surface area contributed by atoms with Gasteiger partial charge in [0.2, 0.25) is 15.9 Å². The fraction of sp³-hybridized carbons (Fsp3) is 0.875. The molecule has 0 radical (unpaired) electrons. The summed E-state index contributed by atoms with van der Waals surface area (Å²) >= 11 is 0. The maximum atomic E-state index is 11.4. The van der Waals surface area contributed by atoms with E-state index in [0.717, 1.165) is 19.4 Å². The number of carbonyl (C=O) groups excluding carboxylic acids is 1. The molecule has 1 fully saturated rings. The Morgan fingerprint density at radius 1 is 1.57 bits per heavy atom. The first-order valence-electron chi connectivity index (χ1n) is 4.80. The van der Waals surface area contributed by atoms with Crippen LogP contribution in [0.25, 0.3) is 0 Å². The summed E-state index contributed by atoms with van der Waals surface area (Å²) in [4.78, 5) is 11.4. The van der Waals surface area contributed by atoms with Gasteiger partial charge in [0.05, 0.1) is 11.7 Å². The van der Waals surface area contributed by atoms with Gasteiger partial charge in [-0.15, -0.1) is 0 Å². The number of rotatable bonds is 3. The van der Waals surface area contributed by atoms with Gasteiger partial charge in [-0.2, -0.15) is 0 Å². The van der Waals surface area contributed by atoms with Gasteiger partial charge >= 0.3 is 0 Å². The monoisotopic (exact) mass is 220 g/mol. The zero-order valence-electron chi connectivity index (χ0n) is 8.25. The van der Waals surface area contributed by atoms with E-state index >= 15 is 0 Å². The third-order valence-electron chi connectivity index (χ3n) is 2.30. The average molecular weight is 220 g/mol. The number of carbonyl (C=O) groups is 1. The topological polar surface area (TPSA) is 75.3 Å². The van der Waals surface area contributed by atoms with Crippen molar-refractivity contribution >= 4 is 15.9 Å². The highest BCUT2D eigenvalue weighted by molar-refractivity contribution is 7.90. The molecule has 1 saturated heterocycles. The first-order chi connectivity index (χ1) is 6.55. The van der Waals surface area contributed by atoms with Gasteiger partial charge in [0, 0.05) is 6.54 Å². The average Bonchev–Trinajstić information content (AvgIpc) is 2.19. The summed E-state index contributed by atoms with van der Waals surface area (Å²) in [5, 5.41) is 3.06. The van der Waals surface area contributed by atoms with Crippen LogP contribution in [0, 0.1) is 5.92 Å². The van der Waals surface area contributed by atoms with Gasteiger partial charge in [-0.1, -0.05) is 0 Å². The van der Waals surface area contributed by atoms with Crippen LogP contribution in [0.5, 0.6) is 0 Å². The Hall–Kier alpha value is -0.620. The van der Waals surface area contributed by atoms with Crippen molar-refractivity contribution in [2.24, 2.45) is 5.92 Å². The fourth-order valence-electron chi connectivity index (χ4n) is 1.38. The Morgan fingerprint density at radius 2 is 2.29 bits per heavy atom. The molecule has 1 amide bonds. The van der Waals surface area contributed by atoms with E-state index < -0.39 is 10.0 Å². The zero-order valence-corrected chi connectivity index (χ0v) is 9.06. The lowest BCUT2D eigenvalue weighted by Gasteiger charge is -2.21. The molecule has 0 aromatic heterocycles. The Balaban J connectivity index is 2.49. The van der Waals surface area contributed by atoms with Crippen molar-refractivity contribution in [1.82, 2.24) is 10.0 Å². The maximum absolute atomic E-state index is 11.4. The van der Waals surface area contributed by atoms with Crippen LogP contribution in [0.4, 0.5) is 0 Å². The molecule has 1 heterocycles. The number of sulfonamides is 1. The Bertz CT molecular complexity index is 294. The highest BCUT2D eigenvalue weighted by Crippen LogP contribution is 2.09. The third-order valence-corrected chi connectivity index (χ3v) is 3.58. The summed E-state index contributed by atoms with van der Waals surface area (Å²) in [6.07, 6.45) is 1.68. The molecule has 0 saturated carbocycles. The summed E-state index contributed by atoms with van der Waals surface area (Å²) in [6, 6.07) is 0. The van der Waals surface area contributed by atoms with E-state index in [1.54, 1.807) is 0 Å². The van der Waals surface area contributed by atoms with Gasteiger partial charge in [0.1, 0.15) is 0 Å². The van der Waals surface area contributed by atoms with Gasteiger partial charge in [-0.25, -0.2) is 8.42 Å². The van der Waals surface area contributed by atoms with Gasteiger partial charge < -0.3 is 5.32 Å².